The lowest BCUT2D eigenvalue weighted by Crippen LogP contribution is -2.18. The van der Waals surface area contributed by atoms with Gasteiger partial charge in [-0.15, -0.1) is 0 Å². The van der Waals surface area contributed by atoms with Gasteiger partial charge in [0.1, 0.15) is 0 Å². The van der Waals surface area contributed by atoms with Crippen LogP contribution in [0.3, 0.4) is 0 Å². The van der Waals surface area contributed by atoms with E-state index in [1.807, 2.05) is 24.3 Å². The van der Waals surface area contributed by atoms with Crippen molar-refractivity contribution in [2.75, 3.05) is 0 Å². The van der Waals surface area contributed by atoms with Crippen molar-refractivity contribution in [2.45, 2.75) is 24.7 Å². The fourth-order valence-corrected chi connectivity index (χ4v) is 3.50. The maximum Gasteiger partial charge on any atom is 0.276 e. The second-order valence-electron chi connectivity index (χ2n) is 5.95. The molecule has 1 aromatic heterocycles. The Morgan fingerprint density at radius 2 is 1.85 bits per heavy atom. The Morgan fingerprint density at radius 1 is 1.15 bits per heavy atom. The molecule has 8 heteroatoms. The minimum atomic E-state index is -3.72. The van der Waals surface area contributed by atoms with Crippen LogP contribution in [0.15, 0.2) is 64.7 Å². The molecule has 0 saturated carbocycles. The summed E-state index contributed by atoms with van der Waals surface area (Å²) >= 11 is 5.90. The third-order valence-electron chi connectivity index (χ3n) is 3.95. The summed E-state index contributed by atoms with van der Waals surface area (Å²) in [5.74, 6) is 0. The molecule has 27 heavy (non-hydrogen) atoms. The molecule has 0 amide bonds. The van der Waals surface area contributed by atoms with Crippen LogP contribution in [0.25, 0.3) is 11.3 Å². The maximum absolute atomic E-state index is 12.4. The molecule has 0 radical (unpaired) electrons. The van der Waals surface area contributed by atoms with E-state index < -0.39 is 10.0 Å². The molecule has 3 aromatic rings. The molecule has 6 nitrogen and oxygen atoms in total. The Hall–Kier alpha value is -2.64. The summed E-state index contributed by atoms with van der Waals surface area (Å²) in [7, 11) is -3.72. The van der Waals surface area contributed by atoms with Gasteiger partial charge in [-0.05, 0) is 36.2 Å². The summed E-state index contributed by atoms with van der Waals surface area (Å²) < 4.78 is 24.7. The van der Waals surface area contributed by atoms with E-state index in [0.29, 0.717) is 10.6 Å². The zero-order valence-electron chi connectivity index (χ0n) is 14.7. The largest absolute Gasteiger partial charge is 0.277 e. The molecule has 1 heterocycles. The van der Waals surface area contributed by atoms with Crippen molar-refractivity contribution in [2.24, 2.45) is 5.10 Å². The first-order valence-electron chi connectivity index (χ1n) is 8.42. The number of nitrogens with one attached hydrogen (secondary N) is 2. The highest BCUT2D eigenvalue weighted by Gasteiger charge is 2.12. The van der Waals surface area contributed by atoms with Crippen LogP contribution in [0.2, 0.25) is 5.02 Å². The van der Waals surface area contributed by atoms with Gasteiger partial charge in [0.15, 0.2) is 0 Å². The predicted octanol–water partition coefficient (Wildman–Crippen LogP) is 4.00. The predicted molar refractivity (Wildman–Crippen MR) is 107 cm³/mol. The Morgan fingerprint density at radius 3 is 2.52 bits per heavy atom. The van der Waals surface area contributed by atoms with Crippen LogP contribution in [0.5, 0.6) is 0 Å². The number of nitrogens with zero attached hydrogens (tertiary/aromatic N) is 2. The van der Waals surface area contributed by atoms with E-state index in [2.05, 4.69) is 27.1 Å². The third kappa shape index (κ3) is 4.75. The second-order valence-corrected chi connectivity index (χ2v) is 8.05. The average molecular weight is 403 g/mol. The highest BCUT2D eigenvalue weighted by molar-refractivity contribution is 7.89. The zero-order chi connectivity index (χ0) is 19.3. The number of hydrazone groups is 1. The van der Waals surface area contributed by atoms with E-state index >= 15 is 0 Å². The van der Waals surface area contributed by atoms with Crippen molar-refractivity contribution < 1.29 is 8.42 Å². The second kappa shape index (κ2) is 8.37. The first-order valence-corrected chi connectivity index (χ1v) is 10.3. The van der Waals surface area contributed by atoms with Crippen molar-refractivity contribution in [1.29, 1.82) is 0 Å². The minimum absolute atomic E-state index is 0.171. The lowest BCUT2D eigenvalue weighted by atomic mass is 10.1. The Balaban J connectivity index is 1.74. The van der Waals surface area contributed by atoms with E-state index in [-0.39, 0.29) is 4.90 Å². The highest BCUT2D eigenvalue weighted by atomic mass is 35.5. The van der Waals surface area contributed by atoms with E-state index in [0.717, 1.165) is 29.7 Å². The summed E-state index contributed by atoms with van der Waals surface area (Å²) in [4.78, 5) is 2.40. The van der Waals surface area contributed by atoms with Crippen molar-refractivity contribution in [3.8, 4) is 11.3 Å². The number of aromatic amines is 1. The average Bonchev–Trinajstić information content (AvgIpc) is 3.11. The molecule has 3 rings (SSSR count). The normalized spacial score (nSPS) is 11.8. The van der Waals surface area contributed by atoms with Crippen LogP contribution in [0.1, 0.15) is 24.5 Å². The van der Waals surface area contributed by atoms with Gasteiger partial charge in [-0.2, -0.15) is 18.6 Å². The number of sulfonamides is 1. The van der Waals surface area contributed by atoms with E-state index in [4.69, 9.17) is 11.6 Å². The first-order chi connectivity index (χ1) is 13.0. The van der Waals surface area contributed by atoms with E-state index in [1.54, 1.807) is 30.5 Å². The zero-order valence-corrected chi connectivity index (χ0v) is 16.3. The summed E-state index contributed by atoms with van der Waals surface area (Å²) in [5.41, 5.74) is 3.34. The molecule has 0 unspecified atom stereocenters. The molecule has 2 N–H and O–H groups in total. The molecular weight excluding hydrogens is 384 g/mol. The van der Waals surface area contributed by atoms with Gasteiger partial charge in [0, 0.05) is 16.1 Å². The van der Waals surface area contributed by atoms with Gasteiger partial charge in [-0.3, -0.25) is 5.10 Å². The standard InChI is InChI=1S/C19H19ClN4O2S/c1-2-3-14-4-10-18(11-5-14)27(25,26)24-22-13-16-12-21-23-19(16)15-6-8-17(20)9-7-15/h4-13,24H,2-3H2,1H3,(H,21,23)/b22-13-. The third-order valence-corrected chi connectivity index (χ3v) is 5.44. The molecule has 0 bridgehead atoms. The maximum atomic E-state index is 12.4. The molecule has 2 aromatic carbocycles. The number of halogens is 1. The van der Waals surface area contributed by atoms with Gasteiger partial charge in [-0.1, -0.05) is 49.2 Å². The quantitative estimate of drug-likeness (QED) is 0.462. The monoisotopic (exact) mass is 402 g/mol. The summed E-state index contributed by atoms with van der Waals surface area (Å²) in [6, 6.07) is 14.0. The highest BCUT2D eigenvalue weighted by Crippen LogP contribution is 2.22. The van der Waals surface area contributed by atoms with Gasteiger partial charge >= 0.3 is 0 Å². The topological polar surface area (TPSA) is 87.2 Å². The molecule has 0 saturated heterocycles. The number of hydrogen-bond donors (Lipinski definition) is 2. The van der Waals surface area contributed by atoms with E-state index in [9.17, 15) is 8.42 Å². The molecular formula is C19H19ClN4O2S. The molecule has 0 fully saturated rings. The number of aromatic nitrogens is 2. The first kappa shape index (κ1) is 19.1. The van der Waals surface area contributed by atoms with Crippen LogP contribution in [0.4, 0.5) is 0 Å². The van der Waals surface area contributed by atoms with Crippen LogP contribution in [-0.2, 0) is 16.4 Å². The summed E-state index contributed by atoms with van der Waals surface area (Å²) in [6.07, 6.45) is 4.91. The number of H-pyrrole nitrogens is 1. The van der Waals surface area contributed by atoms with Crippen LogP contribution >= 0.6 is 11.6 Å². The summed E-state index contributed by atoms with van der Waals surface area (Å²) in [6.45, 7) is 2.08. The SMILES string of the molecule is CCCc1ccc(S(=O)(=O)N/N=C\c2cn[nH]c2-c2ccc(Cl)cc2)cc1. The van der Waals surface area contributed by atoms with Crippen molar-refractivity contribution in [3.05, 3.63) is 70.9 Å². The molecule has 0 aliphatic carbocycles. The number of aryl methyl sites for hydroxylation is 1. The van der Waals surface area contributed by atoms with Gasteiger partial charge < -0.3 is 0 Å². The molecule has 140 valence electrons. The van der Waals surface area contributed by atoms with Crippen LogP contribution in [0, 0.1) is 0 Å². The Kier molecular flexibility index (Phi) is 5.93. The lowest BCUT2D eigenvalue weighted by molar-refractivity contribution is 0.584. The summed E-state index contributed by atoms with van der Waals surface area (Å²) in [5, 5.41) is 11.4. The molecule has 0 aliphatic rings. The van der Waals surface area contributed by atoms with E-state index in [1.165, 1.54) is 6.21 Å². The van der Waals surface area contributed by atoms with Crippen LogP contribution in [-0.4, -0.2) is 24.8 Å². The van der Waals surface area contributed by atoms with Crippen molar-refractivity contribution >= 4 is 27.8 Å². The Bertz CT molecular complexity index is 1030. The molecule has 0 atom stereocenters. The minimum Gasteiger partial charge on any atom is -0.277 e. The van der Waals surface area contributed by atoms with Gasteiger partial charge in [0.25, 0.3) is 10.0 Å². The number of hydrogen-bond acceptors (Lipinski definition) is 4. The fraction of sp³-hybridized carbons (Fsp3) is 0.158. The van der Waals surface area contributed by atoms with Crippen molar-refractivity contribution in [3.63, 3.8) is 0 Å². The molecule has 0 spiro atoms. The van der Waals surface area contributed by atoms with Crippen molar-refractivity contribution in [1.82, 2.24) is 15.0 Å². The Labute approximate surface area is 163 Å². The van der Waals surface area contributed by atoms with Gasteiger partial charge in [0.05, 0.1) is 23.0 Å². The number of rotatable bonds is 7. The lowest BCUT2D eigenvalue weighted by Gasteiger charge is -2.05. The fourth-order valence-electron chi connectivity index (χ4n) is 2.58. The van der Waals surface area contributed by atoms with Gasteiger partial charge in [-0.25, -0.2) is 4.83 Å². The van der Waals surface area contributed by atoms with Gasteiger partial charge in [0.2, 0.25) is 0 Å². The van der Waals surface area contributed by atoms with Crippen LogP contribution < -0.4 is 4.83 Å². The molecule has 0 aliphatic heterocycles. The number of benzene rings is 2. The smallest absolute Gasteiger partial charge is 0.276 e.